The first kappa shape index (κ1) is 43.6. The van der Waals surface area contributed by atoms with Crippen LogP contribution < -0.4 is 0 Å². The highest BCUT2D eigenvalue weighted by Crippen LogP contribution is 2.14. The number of hydrogen-bond donors (Lipinski definition) is 5. The number of rotatable bonds is 12. The van der Waals surface area contributed by atoms with Crippen molar-refractivity contribution in [3.8, 4) is 0 Å². The van der Waals surface area contributed by atoms with Crippen molar-refractivity contribution in [2.75, 3.05) is 173 Å². The predicted molar refractivity (Wildman–Crippen MR) is 195 cm³/mol. The van der Waals surface area contributed by atoms with Crippen LogP contribution in [0, 0.1) is 0 Å². The van der Waals surface area contributed by atoms with Crippen molar-refractivity contribution in [2.24, 2.45) is 0 Å². The summed E-state index contributed by atoms with van der Waals surface area (Å²) < 4.78 is 1.26. The number of aliphatic hydroxyl groups is 5. The summed E-state index contributed by atoms with van der Waals surface area (Å²) in [5, 5.41) is 55.4. The lowest BCUT2D eigenvalue weighted by Gasteiger charge is -2.42. The van der Waals surface area contributed by atoms with Gasteiger partial charge in [-0.1, -0.05) is 13.8 Å². The van der Waals surface area contributed by atoms with E-state index in [2.05, 4.69) is 71.7 Å². The van der Waals surface area contributed by atoms with Gasteiger partial charge in [0.05, 0.1) is 45.9 Å². The summed E-state index contributed by atoms with van der Waals surface area (Å²) in [6.45, 7) is 18.5. The third kappa shape index (κ3) is 17.6. The first-order valence-electron chi connectivity index (χ1n) is 18.8. The molecule has 2 bridgehead atoms. The smallest absolute Gasteiger partial charge is 0.115 e. The number of β-amino-alcohol motifs (C(OH)–C–C–N with tert-alkyl or cyclic N) is 2. The number of fused-ring (bicyclic) bond motifs is 4. The average molecular weight is 691 g/mol. The van der Waals surface area contributed by atoms with Gasteiger partial charge in [0.2, 0.25) is 0 Å². The van der Waals surface area contributed by atoms with Crippen molar-refractivity contribution in [3.63, 3.8) is 0 Å². The molecule has 0 amide bonds. The minimum Gasteiger partial charge on any atom is -0.392 e. The van der Waals surface area contributed by atoms with E-state index in [4.69, 9.17) is 0 Å². The van der Waals surface area contributed by atoms with Gasteiger partial charge in [-0.3, -0.25) is 19.6 Å². The van der Waals surface area contributed by atoms with Crippen molar-refractivity contribution >= 4 is 0 Å². The Morgan fingerprint density at radius 3 is 1.88 bits per heavy atom. The average Bonchev–Trinajstić information content (AvgIpc) is 3.00. The third-order valence-electron chi connectivity index (χ3n) is 10.7. The molecule has 9 atom stereocenters. The van der Waals surface area contributed by atoms with Crippen LogP contribution in [0.25, 0.3) is 0 Å². The summed E-state index contributed by atoms with van der Waals surface area (Å²) in [7, 11) is 12.7. The molecule has 0 radical (unpaired) electrons. The fourth-order valence-corrected chi connectivity index (χ4v) is 7.30. The lowest BCUT2D eigenvalue weighted by molar-refractivity contribution is -0.916. The van der Waals surface area contributed by atoms with Crippen molar-refractivity contribution in [1.29, 1.82) is 0 Å². The SMILES string of the molecule is CCC(O)CN(C)CC[N+]1(C)CCN2CC[N+](C)(CC(O)CC)CC(O)CN(C)CCN(CCN(CCN(C)C)CC(O)C1)CC(O)C2. The number of aliphatic hydroxyl groups excluding tert-OH is 5. The van der Waals surface area contributed by atoms with Gasteiger partial charge in [0.25, 0.3) is 0 Å². The second-order valence-corrected chi connectivity index (χ2v) is 16.3. The zero-order chi connectivity index (χ0) is 35.9. The number of likely N-dealkylation sites (N-methyl/N-ethyl adjacent to an activating group) is 5. The Morgan fingerprint density at radius 2 is 1.25 bits per heavy atom. The van der Waals surface area contributed by atoms with Crippen LogP contribution in [0.5, 0.6) is 0 Å². The molecule has 0 aromatic heterocycles. The quantitative estimate of drug-likeness (QED) is 0.145. The summed E-state index contributed by atoms with van der Waals surface area (Å²) in [4.78, 5) is 13.7. The van der Waals surface area contributed by atoms with Crippen molar-refractivity contribution in [2.45, 2.75) is 57.2 Å². The molecule has 0 saturated carbocycles. The molecule has 13 heteroatoms. The maximum Gasteiger partial charge on any atom is 0.115 e. The fourth-order valence-electron chi connectivity index (χ4n) is 7.30. The van der Waals surface area contributed by atoms with E-state index < -0.39 is 24.4 Å². The van der Waals surface area contributed by atoms with E-state index in [0.29, 0.717) is 67.7 Å². The molecule has 5 N–H and O–H groups in total. The van der Waals surface area contributed by atoms with E-state index in [-0.39, 0.29) is 6.10 Å². The number of hydrogen-bond acceptors (Lipinski definition) is 11. The molecule has 0 spiro atoms. The lowest BCUT2D eigenvalue weighted by atomic mass is 10.1. The van der Waals surface area contributed by atoms with Gasteiger partial charge in [0.1, 0.15) is 37.9 Å². The summed E-state index contributed by atoms with van der Waals surface area (Å²) in [5.41, 5.74) is 0. The van der Waals surface area contributed by atoms with Crippen molar-refractivity contribution in [3.05, 3.63) is 0 Å². The van der Waals surface area contributed by atoms with Crippen LogP contribution in [0.4, 0.5) is 0 Å². The maximum absolute atomic E-state index is 11.6. The molecule has 0 aromatic carbocycles. The fraction of sp³-hybridized carbons (Fsp3) is 1.00. The standard InChI is InChI=1S/C35H78N8O5/c1-9-31(44)23-38(6)17-20-42(7)21-18-41-19-22-43(8,28-32(45)10-2)30-34(47)24-37(5)12-14-40(25-33(46)26-41)16-15-39(13-11-36(3)4)27-35(48)29-42/h31-35,44-48H,9-30H2,1-8H3/q+2. The molecular weight excluding hydrogens is 612 g/mol. The van der Waals surface area contributed by atoms with E-state index in [1.807, 2.05) is 13.8 Å². The lowest BCUT2D eigenvalue weighted by Crippen LogP contribution is -2.60. The molecule has 0 aromatic rings. The molecule has 2 saturated heterocycles. The van der Waals surface area contributed by atoms with Gasteiger partial charge >= 0.3 is 0 Å². The van der Waals surface area contributed by atoms with E-state index in [9.17, 15) is 25.5 Å². The summed E-state index contributed by atoms with van der Waals surface area (Å²) in [6, 6.07) is 0. The van der Waals surface area contributed by atoms with Crippen LogP contribution in [-0.4, -0.2) is 268 Å². The van der Waals surface area contributed by atoms with Crippen LogP contribution in [-0.2, 0) is 0 Å². The highest BCUT2D eigenvalue weighted by Gasteiger charge is 2.33. The molecule has 0 aliphatic carbocycles. The summed E-state index contributed by atoms with van der Waals surface area (Å²) in [5.74, 6) is 0. The number of quaternary nitrogens is 2. The largest absolute Gasteiger partial charge is 0.392 e. The van der Waals surface area contributed by atoms with Gasteiger partial charge in [0, 0.05) is 91.6 Å². The van der Waals surface area contributed by atoms with E-state index in [1.165, 1.54) is 0 Å². The summed E-state index contributed by atoms with van der Waals surface area (Å²) >= 11 is 0. The first-order chi connectivity index (χ1) is 22.5. The van der Waals surface area contributed by atoms with Crippen LogP contribution in [0.2, 0.25) is 0 Å². The predicted octanol–water partition coefficient (Wildman–Crippen LogP) is -2.14. The molecule has 2 aliphatic rings. The molecule has 2 aliphatic heterocycles. The Kier molecular flexibility index (Phi) is 19.8. The maximum atomic E-state index is 11.6. The van der Waals surface area contributed by atoms with Crippen LogP contribution in [0.3, 0.4) is 0 Å². The van der Waals surface area contributed by atoms with Gasteiger partial charge in [-0.05, 0) is 41.0 Å². The Morgan fingerprint density at radius 1 is 0.688 bits per heavy atom. The summed E-state index contributed by atoms with van der Waals surface area (Å²) in [6.07, 6.45) is -0.857. The molecular formula is C35H78N8O5+2. The van der Waals surface area contributed by atoms with Crippen LogP contribution in [0.1, 0.15) is 26.7 Å². The molecule has 13 nitrogen and oxygen atoms in total. The van der Waals surface area contributed by atoms with Crippen molar-refractivity contribution in [1.82, 2.24) is 29.4 Å². The third-order valence-corrected chi connectivity index (χ3v) is 10.7. The minimum atomic E-state index is -0.506. The highest BCUT2D eigenvalue weighted by atomic mass is 16.3. The zero-order valence-corrected chi connectivity index (χ0v) is 32.3. The Hall–Kier alpha value is -0.520. The monoisotopic (exact) mass is 691 g/mol. The Labute approximate surface area is 294 Å². The topological polar surface area (TPSA) is 121 Å². The highest BCUT2D eigenvalue weighted by molar-refractivity contribution is 4.76. The van der Waals surface area contributed by atoms with Crippen molar-refractivity contribution < 1.29 is 34.5 Å². The van der Waals surface area contributed by atoms with Gasteiger partial charge in [-0.25, -0.2) is 0 Å². The molecule has 2 fully saturated rings. The minimum absolute atomic E-state index is 0.343. The zero-order valence-electron chi connectivity index (χ0n) is 32.3. The van der Waals surface area contributed by atoms with Crippen LogP contribution >= 0.6 is 0 Å². The molecule has 2 rings (SSSR count). The normalized spacial score (nSPS) is 34.7. The Bertz CT molecular complexity index is 864. The van der Waals surface area contributed by atoms with Gasteiger partial charge < -0.3 is 44.3 Å². The molecule has 286 valence electrons. The molecule has 9 unspecified atom stereocenters. The second kappa shape index (κ2) is 21.8. The van der Waals surface area contributed by atoms with Crippen LogP contribution in [0.15, 0.2) is 0 Å². The van der Waals surface area contributed by atoms with Gasteiger partial charge in [-0.2, -0.15) is 0 Å². The van der Waals surface area contributed by atoms with Gasteiger partial charge in [0.15, 0.2) is 0 Å². The van der Waals surface area contributed by atoms with E-state index in [1.54, 1.807) is 0 Å². The first-order valence-corrected chi connectivity index (χ1v) is 18.8. The molecule has 2 heterocycles. The van der Waals surface area contributed by atoms with Gasteiger partial charge in [-0.15, -0.1) is 0 Å². The Balaban J connectivity index is 2.41. The second-order valence-electron chi connectivity index (χ2n) is 16.3. The van der Waals surface area contributed by atoms with E-state index in [0.717, 1.165) is 85.0 Å². The number of nitrogens with zero attached hydrogens (tertiary/aromatic N) is 8. The molecule has 48 heavy (non-hydrogen) atoms. The van der Waals surface area contributed by atoms with E-state index >= 15 is 0 Å².